The van der Waals surface area contributed by atoms with Crippen LogP contribution >= 0.6 is 23.2 Å². The van der Waals surface area contributed by atoms with Crippen LogP contribution in [-0.2, 0) is 0 Å². The molecule has 2 N–H and O–H groups in total. The number of rotatable bonds is 3. The van der Waals surface area contributed by atoms with Crippen LogP contribution < -0.4 is 10.9 Å². The minimum Gasteiger partial charge on any atom is -0.306 e. The van der Waals surface area contributed by atoms with Crippen molar-refractivity contribution in [2.45, 2.75) is 13.8 Å². The van der Waals surface area contributed by atoms with Crippen molar-refractivity contribution in [2.24, 2.45) is 0 Å². The number of aryl methyl sites for hydroxylation is 2. The lowest BCUT2D eigenvalue weighted by atomic mass is 10.2. The van der Waals surface area contributed by atoms with Crippen LogP contribution in [-0.4, -0.2) is 25.7 Å². The molecule has 0 bridgehead atoms. The van der Waals surface area contributed by atoms with Crippen molar-refractivity contribution in [2.75, 3.05) is 5.32 Å². The summed E-state index contributed by atoms with van der Waals surface area (Å²) in [5.41, 5.74) is 1.08. The van der Waals surface area contributed by atoms with Gasteiger partial charge in [-0.1, -0.05) is 23.2 Å². The fraction of sp³-hybridized carbons (Fsp3) is 0.125. The van der Waals surface area contributed by atoms with E-state index >= 15 is 0 Å². The Morgan fingerprint density at radius 3 is 2.64 bits per heavy atom. The molecule has 9 heteroatoms. The molecule has 0 atom stereocenters. The number of aromatic nitrogens is 4. The highest BCUT2D eigenvalue weighted by Crippen LogP contribution is 2.22. The lowest BCUT2D eigenvalue weighted by Crippen LogP contribution is -2.19. The van der Waals surface area contributed by atoms with E-state index in [1.807, 2.05) is 0 Å². The average molecular weight is 378 g/mol. The maximum atomic E-state index is 12.5. The predicted octanol–water partition coefficient (Wildman–Crippen LogP) is 3.13. The Balaban J connectivity index is 2.00. The maximum Gasteiger partial charge on any atom is 0.258 e. The Kier molecular flexibility index (Phi) is 4.61. The van der Waals surface area contributed by atoms with Gasteiger partial charge < -0.3 is 5.32 Å². The molecule has 0 spiro atoms. The van der Waals surface area contributed by atoms with E-state index in [0.29, 0.717) is 22.2 Å². The van der Waals surface area contributed by atoms with Crippen molar-refractivity contribution in [3.63, 3.8) is 0 Å². The minimum atomic E-state index is -0.455. The number of aromatic amines is 1. The molecule has 0 aliphatic rings. The van der Waals surface area contributed by atoms with Gasteiger partial charge in [0, 0.05) is 22.8 Å². The SMILES string of the molecule is Cc1cc(=O)[nH]c(-n2nc(C)cc2NC(=O)c2cc(Cl)ccc2Cl)n1. The largest absolute Gasteiger partial charge is 0.306 e. The highest BCUT2D eigenvalue weighted by atomic mass is 35.5. The van der Waals surface area contributed by atoms with E-state index in [2.05, 4.69) is 20.4 Å². The summed E-state index contributed by atoms with van der Waals surface area (Å²) < 4.78 is 1.35. The van der Waals surface area contributed by atoms with Crippen LogP contribution in [0.25, 0.3) is 5.95 Å². The Morgan fingerprint density at radius 2 is 1.92 bits per heavy atom. The Hall–Kier alpha value is -2.64. The van der Waals surface area contributed by atoms with Crippen LogP contribution in [0.4, 0.5) is 5.82 Å². The Labute approximate surface area is 152 Å². The number of amides is 1. The number of carbonyl (C=O) groups is 1. The molecule has 1 amide bonds. The summed E-state index contributed by atoms with van der Waals surface area (Å²) in [6.07, 6.45) is 0. The number of hydrogen-bond acceptors (Lipinski definition) is 4. The van der Waals surface area contributed by atoms with Crippen LogP contribution in [0.15, 0.2) is 35.1 Å². The lowest BCUT2D eigenvalue weighted by molar-refractivity contribution is 0.102. The van der Waals surface area contributed by atoms with Crippen LogP contribution in [0.3, 0.4) is 0 Å². The van der Waals surface area contributed by atoms with Crippen molar-refractivity contribution < 1.29 is 4.79 Å². The fourth-order valence-electron chi connectivity index (χ4n) is 2.27. The summed E-state index contributed by atoms with van der Waals surface area (Å²) in [5, 5.41) is 7.63. The quantitative estimate of drug-likeness (QED) is 0.733. The maximum absolute atomic E-state index is 12.5. The van der Waals surface area contributed by atoms with Crippen molar-refractivity contribution in [3.8, 4) is 5.95 Å². The molecule has 2 heterocycles. The van der Waals surface area contributed by atoms with E-state index in [1.165, 1.54) is 16.8 Å². The third kappa shape index (κ3) is 3.72. The van der Waals surface area contributed by atoms with Gasteiger partial charge in [0.15, 0.2) is 0 Å². The zero-order valence-electron chi connectivity index (χ0n) is 13.3. The summed E-state index contributed by atoms with van der Waals surface area (Å²) in [5.74, 6) is 0.0848. The second-order valence-corrected chi connectivity index (χ2v) is 6.22. The van der Waals surface area contributed by atoms with E-state index in [1.54, 1.807) is 32.0 Å². The van der Waals surface area contributed by atoms with Gasteiger partial charge >= 0.3 is 0 Å². The molecular weight excluding hydrogens is 365 g/mol. The molecule has 0 unspecified atom stereocenters. The highest BCUT2D eigenvalue weighted by molar-refractivity contribution is 6.36. The zero-order valence-corrected chi connectivity index (χ0v) is 14.8. The molecule has 3 aromatic rings. The van der Waals surface area contributed by atoms with Gasteiger partial charge in [-0.15, -0.1) is 0 Å². The molecule has 25 heavy (non-hydrogen) atoms. The number of H-pyrrole nitrogens is 1. The van der Waals surface area contributed by atoms with Crippen molar-refractivity contribution >= 4 is 34.9 Å². The monoisotopic (exact) mass is 377 g/mol. The summed E-state index contributed by atoms with van der Waals surface area (Å²) in [4.78, 5) is 31.0. The zero-order chi connectivity index (χ0) is 18.1. The average Bonchev–Trinajstić information content (AvgIpc) is 2.89. The highest BCUT2D eigenvalue weighted by Gasteiger charge is 2.16. The topological polar surface area (TPSA) is 92.7 Å². The first kappa shape index (κ1) is 17.2. The van der Waals surface area contributed by atoms with Crippen molar-refractivity contribution in [1.29, 1.82) is 0 Å². The molecule has 2 aromatic heterocycles. The molecule has 0 saturated carbocycles. The minimum absolute atomic E-state index is 0.200. The lowest BCUT2D eigenvalue weighted by Gasteiger charge is -2.09. The molecule has 7 nitrogen and oxygen atoms in total. The van der Waals surface area contributed by atoms with Gasteiger partial charge in [-0.05, 0) is 32.0 Å². The van der Waals surface area contributed by atoms with Gasteiger partial charge in [-0.2, -0.15) is 9.78 Å². The van der Waals surface area contributed by atoms with Crippen molar-refractivity contribution in [1.82, 2.24) is 19.7 Å². The van der Waals surface area contributed by atoms with E-state index in [0.717, 1.165) is 0 Å². The number of hydrogen-bond donors (Lipinski definition) is 2. The van der Waals surface area contributed by atoms with E-state index < -0.39 is 5.91 Å². The standard InChI is InChI=1S/C16H13Cl2N5O2/c1-8-6-14(24)21-16(19-8)23-13(5-9(2)22-23)20-15(25)11-7-10(17)3-4-12(11)18/h3-7H,1-2H3,(H,20,25)(H,19,21,24). The molecule has 0 fully saturated rings. The molecule has 128 valence electrons. The third-order valence-corrected chi connectivity index (χ3v) is 3.87. The van der Waals surface area contributed by atoms with Crippen LogP contribution in [0, 0.1) is 13.8 Å². The molecule has 0 saturated heterocycles. The van der Waals surface area contributed by atoms with Crippen molar-refractivity contribution in [3.05, 3.63) is 67.7 Å². The number of nitrogens with one attached hydrogen (secondary N) is 2. The fourth-order valence-corrected chi connectivity index (χ4v) is 2.64. The molecule has 3 rings (SSSR count). The van der Waals surface area contributed by atoms with Gasteiger partial charge in [0.05, 0.1) is 16.3 Å². The number of benzene rings is 1. The molecular formula is C16H13Cl2N5O2. The van der Waals surface area contributed by atoms with Gasteiger partial charge in [0.2, 0.25) is 5.95 Å². The molecule has 0 aliphatic carbocycles. The summed E-state index contributed by atoms with van der Waals surface area (Å²) in [6.45, 7) is 3.45. The molecule has 0 radical (unpaired) electrons. The Bertz CT molecular complexity index is 1030. The number of anilines is 1. The second kappa shape index (κ2) is 6.70. The third-order valence-electron chi connectivity index (χ3n) is 3.30. The normalized spacial score (nSPS) is 10.7. The first-order chi connectivity index (χ1) is 11.8. The number of nitrogens with zero attached hydrogens (tertiary/aromatic N) is 3. The van der Waals surface area contributed by atoms with Gasteiger partial charge in [0.25, 0.3) is 11.5 Å². The second-order valence-electron chi connectivity index (χ2n) is 5.37. The van der Waals surface area contributed by atoms with Crippen LogP contribution in [0.5, 0.6) is 0 Å². The van der Waals surface area contributed by atoms with E-state index in [-0.39, 0.29) is 22.1 Å². The first-order valence-electron chi connectivity index (χ1n) is 7.25. The van der Waals surface area contributed by atoms with E-state index in [4.69, 9.17) is 23.2 Å². The van der Waals surface area contributed by atoms with Gasteiger partial charge in [-0.3, -0.25) is 14.6 Å². The summed E-state index contributed by atoms with van der Waals surface area (Å²) in [6, 6.07) is 7.62. The Morgan fingerprint density at radius 1 is 1.16 bits per heavy atom. The first-order valence-corrected chi connectivity index (χ1v) is 8.00. The summed E-state index contributed by atoms with van der Waals surface area (Å²) >= 11 is 12.0. The predicted molar refractivity (Wildman–Crippen MR) is 95.9 cm³/mol. The van der Waals surface area contributed by atoms with Gasteiger partial charge in [0.1, 0.15) is 5.82 Å². The molecule has 0 aliphatic heterocycles. The van der Waals surface area contributed by atoms with Crippen LogP contribution in [0.2, 0.25) is 10.0 Å². The van der Waals surface area contributed by atoms with E-state index in [9.17, 15) is 9.59 Å². The van der Waals surface area contributed by atoms with Crippen LogP contribution in [0.1, 0.15) is 21.7 Å². The smallest absolute Gasteiger partial charge is 0.258 e. The summed E-state index contributed by atoms with van der Waals surface area (Å²) in [7, 11) is 0. The van der Waals surface area contributed by atoms with Gasteiger partial charge in [-0.25, -0.2) is 4.98 Å². The molecule has 1 aromatic carbocycles. The number of carbonyl (C=O) groups excluding carboxylic acids is 1. The number of halogens is 2.